The van der Waals surface area contributed by atoms with Crippen molar-refractivity contribution in [2.75, 3.05) is 11.9 Å². The lowest BCUT2D eigenvalue weighted by atomic mass is 9.96. The smallest absolute Gasteiger partial charge is 0.262 e. The standard InChI is InChI=1S/C20H24N2O4S/c23-20(15-26-18-9-5-2-6-10-18)21-16-11-13-19(14-12-16)27(24,25)22-17-7-3-1-4-8-17/h2,5-6,9-14,17,22H,1,3-4,7-8,15H2,(H,21,23). The zero-order valence-electron chi connectivity index (χ0n) is 15.1. The molecule has 6 nitrogen and oxygen atoms in total. The molecule has 27 heavy (non-hydrogen) atoms. The van der Waals surface area contributed by atoms with Gasteiger partial charge in [-0.2, -0.15) is 0 Å². The van der Waals surface area contributed by atoms with Crippen molar-refractivity contribution in [3.05, 3.63) is 54.6 Å². The Kier molecular flexibility index (Phi) is 6.47. The van der Waals surface area contributed by atoms with Gasteiger partial charge in [0.05, 0.1) is 4.90 Å². The monoisotopic (exact) mass is 388 g/mol. The van der Waals surface area contributed by atoms with Gasteiger partial charge in [0.25, 0.3) is 5.91 Å². The first kappa shape index (κ1) is 19.4. The van der Waals surface area contributed by atoms with Crippen molar-refractivity contribution in [2.45, 2.75) is 43.0 Å². The van der Waals surface area contributed by atoms with E-state index in [4.69, 9.17) is 4.74 Å². The molecule has 0 aliphatic heterocycles. The molecule has 1 aliphatic carbocycles. The molecule has 3 rings (SSSR count). The molecule has 1 amide bonds. The van der Waals surface area contributed by atoms with Gasteiger partial charge < -0.3 is 10.1 Å². The van der Waals surface area contributed by atoms with E-state index in [0.29, 0.717) is 11.4 Å². The summed E-state index contributed by atoms with van der Waals surface area (Å²) in [5, 5.41) is 2.69. The molecule has 0 unspecified atom stereocenters. The second kappa shape index (κ2) is 9.01. The van der Waals surface area contributed by atoms with E-state index < -0.39 is 10.0 Å². The second-order valence-electron chi connectivity index (χ2n) is 6.63. The summed E-state index contributed by atoms with van der Waals surface area (Å²) in [6, 6.07) is 15.2. The van der Waals surface area contributed by atoms with Gasteiger partial charge in [0.2, 0.25) is 10.0 Å². The van der Waals surface area contributed by atoms with Crippen LogP contribution in [0.15, 0.2) is 59.5 Å². The molecule has 0 spiro atoms. The van der Waals surface area contributed by atoms with Crippen LogP contribution in [-0.4, -0.2) is 27.0 Å². The summed E-state index contributed by atoms with van der Waals surface area (Å²) in [5.41, 5.74) is 0.522. The van der Waals surface area contributed by atoms with Crippen molar-refractivity contribution < 1.29 is 17.9 Å². The third-order valence-corrected chi connectivity index (χ3v) is 6.02. The first-order valence-electron chi connectivity index (χ1n) is 9.13. The van der Waals surface area contributed by atoms with Gasteiger partial charge >= 0.3 is 0 Å². The van der Waals surface area contributed by atoms with Crippen molar-refractivity contribution in [3.8, 4) is 5.75 Å². The number of rotatable bonds is 7. The van der Waals surface area contributed by atoms with E-state index in [1.165, 1.54) is 18.6 Å². The van der Waals surface area contributed by atoms with Crippen LogP contribution in [0.2, 0.25) is 0 Å². The summed E-state index contributed by atoms with van der Waals surface area (Å²) in [5.74, 6) is 0.303. The fourth-order valence-electron chi connectivity index (χ4n) is 3.09. The molecular formula is C20H24N2O4S. The molecule has 1 aliphatic rings. The zero-order chi connectivity index (χ0) is 19.1. The average molecular weight is 388 g/mol. The Hall–Kier alpha value is -2.38. The zero-order valence-corrected chi connectivity index (χ0v) is 15.9. The lowest BCUT2D eigenvalue weighted by molar-refractivity contribution is -0.118. The number of benzene rings is 2. The van der Waals surface area contributed by atoms with Gasteiger partial charge in [0.1, 0.15) is 5.75 Å². The Bertz CT molecular complexity index is 845. The van der Waals surface area contributed by atoms with Crippen LogP contribution >= 0.6 is 0 Å². The van der Waals surface area contributed by atoms with E-state index in [9.17, 15) is 13.2 Å². The quantitative estimate of drug-likeness (QED) is 0.762. The van der Waals surface area contributed by atoms with Crippen LogP contribution in [0.5, 0.6) is 5.75 Å². The molecule has 0 heterocycles. The molecule has 144 valence electrons. The third kappa shape index (κ3) is 5.80. The van der Waals surface area contributed by atoms with Crippen LogP contribution in [0.1, 0.15) is 32.1 Å². The molecule has 2 N–H and O–H groups in total. The Morgan fingerprint density at radius 2 is 1.63 bits per heavy atom. The minimum Gasteiger partial charge on any atom is -0.484 e. The highest BCUT2D eigenvalue weighted by Gasteiger charge is 2.21. The Labute approximate surface area is 160 Å². The Morgan fingerprint density at radius 1 is 0.963 bits per heavy atom. The van der Waals surface area contributed by atoms with Gasteiger partial charge in [-0.25, -0.2) is 13.1 Å². The molecule has 2 aromatic rings. The summed E-state index contributed by atoms with van der Waals surface area (Å²) < 4.78 is 33.1. The first-order valence-corrected chi connectivity index (χ1v) is 10.6. The number of para-hydroxylation sites is 1. The van der Waals surface area contributed by atoms with Gasteiger partial charge in [-0.1, -0.05) is 37.5 Å². The van der Waals surface area contributed by atoms with E-state index in [0.717, 1.165) is 25.7 Å². The Morgan fingerprint density at radius 3 is 2.30 bits per heavy atom. The minimum atomic E-state index is -3.54. The third-order valence-electron chi connectivity index (χ3n) is 4.49. The normalized spacial score (nSPS) is 15.3. The number of sulfonamides is 1. The van der Waals surface area contributed by atoms with Crippen molar-refractivity contribution in [2.24, 2.45) is 0 Å². The molecule has 0 bridgehead atoms. The van der Waals surface area contributed by atoms with Crippen molar-refractivity contribution in [3.63, 3.8) is 0 Å². The molecule has 0 saturated heterocycles. The van der Waals surface area contributed by atoms with Gasteiger partial charge in [-0.3, -0.25) is 4.79 Å². The van der Waals surface area contributed by atoms with E-state index >= 15 is 0 Å². The maximum absolute atomic E-state index is 12.5. The van der Waals surface area contributed by atoms with Crippen LogP contribution in [0.4, 0.5) is 5.69 Å². The number of ether oxygens (including phenoxy) is 1. The molecule has 1 saturated carbocycles. The first-order chi connectivity index (χ1) is 13.0. The van der Waals surface area contributed by atoms with Crippen LogP contribution in [0.25, 0.3) is 0 Å². The molecule has 2 aromatic carbocycles. The van der Waals surface area contributed by atoms with Crippen LogP contribution in [0, 0.1) is 0 Å². The van der Waals surface area contributed by atoms with Crippen molar-refractivity contribution >= 4 is 21.6 Å². The number of nitrogens with one attached hydrogen (secondary N) is 2. The molecular weight excluding hydrogens is 364 g/mol. The van der Waals surface area contributed by atoms with Gasteiger partial charge in [0.15, 0.2) is 6.61 Å². The van der Waals surface area contributed by atoms with Crippen molar-refractivity contribution in [1.82, 2.24) is 4.72 Å². The lowest BCUT2D eigenvalue weighted by Gasteiger charge is -2.22. The van der Waals surface area contributed by atoms with Gasteiger partial charge in [-0.15, -0.1) is 0 Å². The molecule has 7 heteroatoms. The number of anilines is 1. The van der Waals surface area contributed by atoms with Crippen LogP contribution in [0.3, 0.4) is 0 Å². The molecule has 0 aromatic heterocycles. The van der Waals surface area contributed by atoms with Gasteiger partial charge in [0, 0.05) is 11.7 Å². The van der Waals surface area contributed by atoms with E-state index in [-0.39, 0.29) is 23.5 Å². The largest absolute Gasteiger partial charge is 0.484 e. The number of carbonyl (C=O) groups excluding carboxylic acids is 1. The van der Waals surface area contributed by atoms with E-state index in [2.05, 4.69) is 10.0 Å². The predicted molar refractivity (Wildman–Crippen MR) is 104 cm³/mol. The van der Waals surface area contributed by atoms with E-state index in [1.807, 2.05) is 18.2 Å². The SMILES string of the molecule is O=C(COc1ccccc1)Nc1ccc(S(=O)(=O)NC2CCCCC2)cc1. The topological polar surface area (TPSA) is 84.5 Å². The second-order valence-corrected chi connectivity index (χ2v) is 8.34. The van der Waals surface area contributed by atoms with Crippen LogP contribution < -0.4 is 14.8 Å². The number of hydrogen-bond donors (Lipinski definition) is 2. The fraction of sp³-hybridized carbons (Fsp3) is 0.350. The maximum atomic E-state index is 12.5. The molecule has 0 radical (unpaired) electrons. The summed E-state index contributed by atoms with van der Waals surface area (Å²) in [7, 11) is -3.54. The number of carbonyl (C=O) groups is 1. The predicted octanol–water partition coefficient (Wildman–Crippen LogP) is 3.32. The number of amides is 1. The highest BCUT2D eigenvalue weighted by atomic mass is 32.2. The minimum absolute atomic E-state index is 0.0123. The summed E-state index contributed by atoms with van der Waals surface area (Å²) in [4.78, 5) is 12.2. The fourth-order valence-corrected chi connectivity index (χ4v) is 4.39. The summed E-state index contributed by atoms with van der Waals surface area (Å²) in [6.45, 7) is -0.118. The highest BCUT2D eigenvalue weighted by Crippen LogP contribution is 2.21. The van der Waals surface area contributed by atoms with Crippen LogP contribution in [-0.2, 0) is 14.8 Å². The molecule has 0 atom stereocenters. The maximum Gasteiger partial charge on any atom is 0.262 e. The Balaban J connectivity index is 1.53. The van der Waals surface area contributed by atoms with E-state index in [1.54, 1.807) is 24.3 Å². The summed E-state index contributed by atoms with van der Waals surface area (Å²) >= 11 is 0. The highest BCUT2D eigenvalue weighted by molar-refractivity contribution is 7.89. The number of hydrogen-bond acceptors (Lipinski definition) is 4. The van der Waals surface area contributed by atoms with Crippen molar-refractivity contribution in [1.29, 1.82) is 0 Å². The lowest BCUT2D eigenvalue weighted by Crippen LogP contribution is -2.36. The van der Waals surface area contributed by atoms with Gasteiger partial charge in [-0.05, 0) is 49.2 Å². The average Bonchev–Trinajstić information content (AvgIpc) is 2.68. The summed E-state index contributed by atoms with van der Waals surface area (Å²) in [6.07, 6.45) is 5.05. The molecule has 1 fully saturated rings.